The molecular formula is C14H24N4O7. The van der Waals surface area contributed by atoms with E-state index >= 15 is 0 Å². The highest BCUT2D eigenvalue weighted by Crippen LogP contribution is 2.04. The first-order valence-electron chi connectivity index (χ1n) is 7.54. The first-order chi connectivity index (χ1) is 11.5. The Morgan fingerprint density at radius 1 is 1.00 bits per heavy atom. The van der Waals surface area contributed by atoms with Crippen LogP contribution < -0.4 is 22.1 Å². The molecule has 0 aliphatic carbocycles. The third-order valence-corrected chi connectivity index (χ3v) is 3.28. The summed E-state index contributed by atoms with van der Waals surface area (Å²) in [6.45, 7) is 3.12. The smallest absolute Gasteiger partial charge is 0.326 e. The SMILES string of the molecule is CC(C)[C@H](NC(=O)[C@H](CC(=O)O)NC(=O)[C@@H](N)CCC(N)=O)C(=O)O. The Morgan fingerprint density at radius 2 is 1.56 bits per heavy atom. The standard InChI is InChI=1S/C14H24N4O7/c1-6(2)11(14(24)25)18-13(23)8(5-10(20)21)17-12(22)7(15)3-4-9(16)19/h6-8,11H,3-5,15H2,1-2H3,(H2,16,19)(H,17,22)(H,18,23)(H,20,21)(H,24,25)/t7-,8-,11-/m0/s1. The van der Waals surface area contributed by atoms with Gasteiger partial charge >= 0.3 is 11.9 Å². The average molecular weight is 360 g/mol. The van der Waals surface area contributed by atoms with Crippen LogP contribution in [0.3, 0.4) is 0 Å². The number of nitrogens with two attached hydrogens (primary N) is 2. The summed E-state index contributed by atoms with van der Waals surface area (Å²) >= 11 is 0. The molecule has 0 aromatic heterocycles. The van der Waals surface area contributed by atoms with Crippen LogP contribution in [0.25, 0.3) is 0 Å². The number of nitrogens with one attached hydrogen (secondary N) is 2. The van der Waals surface area contributed by atoms with Crippen LogP contribution in [0.1, 0.15) is 33.1 Å². The van der Waals surface area contributed by atoms with Gasteiger partial charge in [-0.3, -0.25) is 19.2 Å². The Balaban J connectivity index is 5.01. The van der Waals surface area contributed by atoms with E-state index in [1.165, 1.54) is 0 Å². The molecule has 3 atom stereocenters. The molecule has 0 saturated carbocycles. The molecule has 0 bridgehead atoms. The van der Waals surface area contributed by atoms with E-state index in [0.717, 1.165) is 0 Å². The molecule has 11 nitrogen and oxygen atoms in total. The summed E-state index contributed by atoms with van der Waals surface area (Å²) in [6.07, 6.45) is -0.990. The van der Waals surface area contributed by atoms with Crippen LogP contribution in [0.15, 0.2) is 0 Å². The number of hydrogen-bond acceptors (Lipinski definition) is 6. The first-order valence-corrected chi connectivity index (χ1v) is 7.54. The molecule has 142 valence electrons. The molecule has 0 fully saturated rings. The Bertz CT molecular complexity index is 535. The van der Waals surface area contributed by atoms with E-state index in [-0.39, 0.29) is 12.8 Å². The zero-order valence-electron chi connectivity index (χ0n) is 14.0. The third kappa shape index (κ3) is 8.65. The number of aliphatic carboxylic acids is 2. The molecule has 0 aliphatic rings. The largest absolute Gasteiger partial charge is 0.481 e. The minimum absolute atomic E-state index is 0.0771. The van der Waals surface area contributed by atoms with Crippen molar-refractivity contribution in [1.82, 2.24) is 10.6 Å². The number of hydrogen-bond donors (Lipinski definition) is 6. The molecule has 11 heteroatoms. The molecule has 8 N–H and O–H groups in total. The lowest BCUT2D eigenvalue weighted by molar-refractivity contribution is -0.144. The molecule has 25 heavy (non-hydrogen) atoms. The summed E-state index contributed by atoms with van der Waals surface area (Å²) < 4.78 is 0. The van der Waals surface area contributed by atoms with Gasteiger partial charge in [-0.15, -0.1) is 0 Å². The number of rotatable bonds is 11. The van der Waals surface area contributed by atoms with Crippen molar-refractivity contribution in [3.8, 4) is 0 Å². The minimum atomic E-state index is -1.51. The predicted molar refractivity (Wildman–Crippen MR) is 85.0 cm³/mol. The fourth-order valence-corrected chi connectivity index (χ4v) is 1.86. The van der Waals surface area contributed by atoms with Crippen LogP contribution in [-0.4, -0.2) is 58.0 Å². The van der Waals surface area contributed by atoms with Gasteiger partial charge in [0.1, 0.15) is 12.1 Å². The van der Waals surface area contributed by atoms with Gasteiger partial charge in [0.2, 0.25) is 17.7 Å². The molecule has 0 spiro atoms. The lowest BCUT2D eigenvalue weighted by Crippen LogP contribution is -2.56. The van der Waals surface area contributed by atoms with E-state index in [9.17, 15) is 24.0 Å². The quantitative estimate of drug-likeness (QED) is 0.237. The molecule has 0 radical (unpaired) electrons. The Morgan fingerprint density at radius 3 is 1.96 bits per heavy atom. The number of carbonyl (C=O) groups is 5. The van der Waals surface area contributed by atoms with Gasteiger partial charge in [-0.05, 0) is 12.3 Å². The molecule has 0 aromatic carbocycles. The van der Waals surface area contributed by atoms with Crippen molar-refractivity contribution in [2.75, 3.05) is 0 Å². The van der Waals surface area contributed by atoms with E-state index in [1.54, 1.807) is 13.8 Å². The lowest BCUT2D eigenvalue weighted by atomic mass is 10.0. The van der Waals surface area contributed by atoms with Gasteiger partial charge in [-0.1, -0.05) is 13.8 Å². The molecule has 0 saturated heterocycles. The lowest BCUT2D eigenvalue weighted by Gasteiger charge is -2.23. The summed E-state index contributed by atoms with van der Waals surface area (Å²) in [7, 11) is 0. The van der Waals surface area contributed by atoms with Crippen LogP contribution in [-0.2, 0) is 24.0 Å². The monoisotopic (exact) mass is 360 g/mol. The molecule has 0 aromatic rings. The second-order valence-electron chi connectivity index (χ2n) is 5.84. The van der Waals surface area contributed by atoms with Crippen molar-refractivity contribution in [3.63, 3.8) is 0 Å². The van der Waals surface area contributed by atoms with Gasteiger partial charge in [-0.25, -0.2) is 4.79 Å². The topological polar surface area (TPSA) is 202 Å². The number of carboxylic acid groups (broad SMARTS) is 2. The maximum atomic E-state index is 12.2. The Labute approximate surface area is 144 Å². The van der Waals surface area contributed by atoms with E-state index in [0.29, 0.717) is 0 Å². The highest BCUT2D eigenvalue weighted by atomic mass is 16.4. The van der Waals surface area contributed by atoms with Crippen LogP contribution in [0.5, 0.6) is 0 Å². The number of primary amides is 1. The summed E-state index contributed by atoms with van der Waals surface area (Å²) in [6, 6.07) is -3.92. The van der Waals surface area contributed by atoms with E-state index in [1.807, 2.05) is 0 Å². The molecule has 0 aliphatic heterocycles. The van der Waals surface area contributed by atoms with Crippen molar-refractivity contribution in [2.24, 2.45) is 17.4 Å². The molecule has 0 unspecified atom stereocenters. The van der Waals surface area contributed by atoms with Gasteiger partial charge in [0, 0.05) is 6.42 Å². The third-order valence-electron chi connectivity index (χ3n) is 3.28. The molecule has 3 amide bonds. The van der Waals surface area contributed by atoms with Crippen molar-refractivity contribution in [2.45, 2.75) is 51.2 Å². The summed E-state index contributed by atoms with van der Waals surface area (Å²) in [5.74, 6) is -5.59. The second-order valence-corrected chi connectivity index (χ2v) is 5.84. The van der Waals surface area contributed by atoms with Gasteiger partial charge in [0.25, 0.3) is 0 Å². The highest BCUT2D eigenvalue weighted by molar-refractivity contribution is 5.94. The summed E-state index contributed by atoms with van der Waals surface area (Å²) in [5, 5.41) is 22.3. The van der Waals surface area contributed by atoms with E-state index < -0.39 is 60.1 Å². The van der Waals surface area contributed by atoms with Crippen LogP contribution in [0, 0.1) is 5.92 Å². The second kappa shape index (κ2) is 10.2. The van der Waals surface area contributed by atoms with Gasteiger partial charge in [-0.2, -0.15) is 0 Å². The normalized spacial score (nSPS) is 14.2. The van der Waals surface area contributed by atoms with Gasteiger partial charge < -0.3 is 32.3 Å². The maximum Gasteiger partial charge on any atom is 0.326 e. The summed E-state index contributed by atoms with van der Waals surface area (Å²) in [4.78, 5) is 56.8. The highest BCUT2D eigenvalue weighted by Gasteiger charge is 2.30. The fourth-order valence-electron chi connectivity index (χ4n) is 1.86. The average Bonchev–Trinajstić information content (AvgIpc) is 2.47. The zero-order chi connectivity index (χ0) is 19.7. The van der Waals surface area contributed by atoms with Crippen molar-refractivity contribution >= 4 is 29.7 Å². The Kier molecular flexibility index (Phi) is 9.13. The number of carbonyl (C=O) groups excluding carboxylic acids is 3. The van der Waals surface area contributed by atoms with E-state index in [4.69, 9.17) is 21.7 Å². The van der Waals surface area contributed by atoms with E-state index in [2.05, 4.69) is 10.6 Å². The van der Waals surface area contributed by atoms with Crippen molar-refractivity contribution in [3.05, 3.63) is 0 Å². The van der Waals surface area contributed by atoms with Gasteiger partial charge in [0.15, 0.2) is 0 Å². The van der Waals surface area contributed by atoms with Crippen LogP contribution >= 0.6 is 0 Å². The Hall–Kier alpha value is -2.69. The minimum Gasteiger partial charge on any atom is -0.481 e. The fraction of sp³-hybridized carbons (Fsp3) is 0.643. The van der Waals surface area contributed by atoms with Crippen LogP contribution in [0.4, 0.5) is 0 Å². The van der Waals surface area contributed by atoms with Crippen molar-refractivity contribution in [1.29, 1.82) is 0 Å². The van der Waals surface area contributed by atoms with Crippen LogP contribution in [0.2, 0.25) is 0 Å². The molecular weight excluding hydrogens is 336 g/mol. The molecule has 0 heterocycles. The summed E-state index contributed by atoms with van der Waals surface area (Å²) in [5.41, 5.74) is 10.5. The van der Waals surface area contributed by atoms with Crippen molar-refractivity contribution < 1.29 is 34.2 Å². The first kappa shape index (κ1) is 22.3. The number of carboxylic acids is 2. The van der Waals surface area contributed by atoms with Gasteiger partial charge in [0.05, 0.1) is 12.5 Å². The predicted octanol–water partition coefficient (Wildman–Crippen LogP) is -2.24. The zero-order valence-corrected chi connectivity index (χ0v) is 14.0. The maximum absolute atomic E-state index is 12.2. The molecule has 0 rings (SSSR count). The number of amides is 3.